The van der Waals surface area contributed by atoms with Crippen LogP contribution in [0.3, 0.4) is 0 Å². The molecule has 5 heteroatoms. The summed E-state index contributed by atoms with van der Waals surface area (Å²) in [7, 11) is 0. The number of aromatic carboxylic acids is 1. The van der Waals surface area contributed by atoms with Crippen molar-refractivity contribution in [3.63, 3.8) is 0 Å². The van der Waals surface area contributed by atoms with Gasteiger partial charge >= 0.3 is 5.97 Å². The van der Waals surface area contributed by atoms with Gasteiger partial charge in [0.05, 0.1) is 28.0 Å². The lowest BCUT2D eigenvalue weighted by Crippen LogP contribution is -1.99. The van der Waals surface area contributed by atoms with E-state index >= 15 is 0 Å². The van der Waals surface area contributed by atoms with Crippen molar-refractivity contribution < 1.29 is 9.90 Å². The summed E-state index contributed by atoms with van der Waals surface area (Å²) < 4.78 is 0. The van der Waals surface area contributed by atoms with E-state index in [1.54, 1.807) is 29.5 Å². The first-order chi connectivity index (χ1) is 11.7. The van der Waals surface area contributed by atoms with E-state index in [1.165, 1.54) is 0 Å². The van der Waals surface area contributed by atoms with Crippen molar-refractivity contribution in [3.05, 3.63) is 70.9 Å². The van der Waals surface area contributed by atoms with Gasteiger partial charge in [0.25, 0.3) is 0 Å². The van der Waals surface area contributed by atoms with E-state index in [-0.39, 0.29) is 5.56 Å². The third-order valence-electron chi connectivity index (χ3n) is 3.75. The quantitative estimate of drug-likeness (QED) is 0.589. The Balaban J connectivity index is 2.01. The third kappa shape index (κ3) is 2.55. The van der Waals surface area contributed by atoms with Crippen molar-refractivity contribution in [1.29, 1.82) is 0 Å². The summed E-state index contributed by atoms with van der Waals surface area (Å²) in [6.07, 6.45) is 0. The lowest BCUT2D eigenvalue weighted by Gasteiger charge is -2.09. The standard InChI is InChI=1S/C19H12N2O2S/c22-19(23)13-6-7-15-16(10-13)21-18(14-8-9-24-11-14)17(20-15)12-4-2-1-3-5-12/h1-11H,(H,22,23). The lowest BCUT2D eigenvalue weighted by atomic mass is 10.1. The molecule has 1 N–H and O–H groups in total. The van der Waals surface area contributed by atoms with Crippen LogP contribution in [0.2, 0.25) is 0 Å². The number of aromatic nitrogens is 2. The molecule has 2 heterocycles. The van der Waals surface area contributed by atoms with Crippen LogP contribution in [-0.2, 0) is 0 Å². The molecule has 0 unspecified atom stereocenters. The highest BCUT2D eigenvalue weighted by Gasteiger charge is 2.14. The highest BCUT2D eigenvalue weighted by molar-refractivity contribution is 7.08. The maximum absolute atomic E-state index is 11.2. The minimum absolute atomic E-state index is 0.209. The number of carbonyl (C=O) groups is 1. The maximum atomic E-state index is 11.2. The summed E-state index contributed by atoms with van der Waals surface area (Å²) in [4.78, 5) is 20.7. The molecule has 0 fully saturated rings. The van der Waals surface area contributed by atoms with Gasteiger partial charge < -0.3 is 5.11 Å². The lowest BCUT2D eigenvalue weighted by molar-refractivity contribution is 0.0697. The molecule has 116 valence electrons. The van der Waals surface area contributed by atoms with E-state index in [0.29, 0.717) is 11.0 Å². The first kappa shape index (κ1) is 14.5. The Morgan fingerprint density at radius 2 is 1.62 bits per heavy atom. The number of thiophene rings is 1. The molecule has 0 aliphatic carbocycles. The normalized spacial score (nSPS) is 10.8. The second-order valence-corrected chi connectivity index (χ2v) is 6.09. The van der Waals surface area contributed by atoms with Crippen molar-refractivity contribution in [3.8, 4) is 22.5 Å². The number of carboxylic acid groups (broad SMARTS) is 1. The smallest absolute Gasteiger partial charge is 0.335 e. The zero-order valence-corrected chi connectivity index (χ0v) is 13.3. The number of fused-ring (bicyclic) bond motifs is 1. The number of benzene rings is 2. The van der Waals surface area contributed by atoms with Crippen molar-refractivity contribution in [1.82, 2.24) is 9.97 Å². The predicted octanol–water partition coefficient (Wildman–Crippen LogP) is 4.72. The first-order valence-electron chi connectivity index (χ1n) is 7.35. The van der Waals surface area contributed by atoms with Crippen molar-refractivity contribution >= 4 is 28.3 Å². The van der Waals surface area contributed by atoms with Gasteiger partial charge in [-0.05, 0) is 29.6 Å². The molecule has 2 aromatic heterocycles. The Bertz CT molecular complexity index is 1030. The first-order valence-corrected chi connectivity index (χ1v) is 8.30. The van der Waals surface area contributed by atoms with Crippen molar-refractivity contribution in [2.45, 2.75) is 0 Å². The minimum Gasteiger partial charge on any atom is -0.478 e. The van der Waals surface area contributed by atoms with Crippen LogP contribution in [0.1, 0.15) is 10.4 Å². The summed E-state index contributed by atoms with van der Waals surface area (Å²) in [5, 5.41) is 13.2. The summed E-state index contributed by atoms with van der Waals surface area (Å²) in [5.41, 5.74) is 4.99. The molecule has 2 aromatic carbocycles. The van der Waals surface area contributed by atoms with E-state index < -0.39 is 5.97 Å². The molecule has 0 atom stereocenters. The fourth-order valence-electron chi connectivity index (χ4n) is 2.59. The van der Waals surface area contributed by atoms with E-state index in [0.717, 1.165) is 22.5 Å². The van der Waals surface area contributed by atoms with Gasteiger partial charge in [0, 0.05) is 16.5 Å². The van der Waals surface area contributed by atoms with E-state index in [2.05, 4.69) is 0 Å². The zero-order chi connectivity index (χ0) is 16.5. The summed E-state index contributed by atoms with van der Waals surface area (Å²) in [5.74, 6) is -0.970. The Morgan fingerprint density at radius 1 is 0.875 bits per heavy atom. The maximum Gasteiger partial charge on any atom is 0.335 e. The topological polar surface area (TPSA) is 63.1 Å². The fraction of sp³-hybridized carbons (Fsp3) is 0. The third-order valence-corrected chi connectivity index (χ3v) is 4.44. The summed E-state index contributed by atoms with van der Waals surface area (Å²) in [6.45, 7) is 0. The SMILES string of the molecule is O=C(O)c1ccc2nc(-c3ccccc3)c(-c3ccsc3)nc2c1. The van der Waals surface area contributed by atoms with Crippen LogP contribution in [0.15, 0.2) is 65.4 Å². The highest BCUT2D eigenvalue weighted by atomic mass is 32.1. The van der Waals surface area contributed by atoms with Crippen LogP contribution in [0.4, 0.5) is 0 Å². The monoisotopic (exact) mass is 332 g/mol. The van der Waals surface area contributed by atoms with Gasteiger partial charge in [0.1, 0.15) is 0 Å². The van der Waals surface area contributed by atoms with Crippen LogP contribution in [0.25, 0.3) is 33.5 Å². The summed E-state index contributed by atoms with van der Waals surface area (Å²) in [6, 6.07) is 16.7. The molecule has 4 rings (SSSR count). The molecule has 24 heavy (non-hydrogen) atoms. The van der Waals surface area contributed by atoms with Gasteiger partial charge in [0.15, 0.2) is 0 Å². The molecule has 0 saturated carbocycles. The Kier molecular flexibility index (Phi) is 3.55. The van der Waals surface area contributed by atoms with E-state index in [9.17, 15) is 9.90 Å². The average Bonchev–Trinajstić information content (AvgIpc) is 3.15. The second kappa shape index (κ2) is 5.86. The van der Waals surface area contributed by atoms with Crippen molar-refractivity contribution in [2.24, 2.45) is 0 Å². The minimum atomic E-state index is -0.970. The van der Waals surface area contributed by atoms with Gasteiger partial charge in [0.2, 0.25) is 0 Å². The average molecular weight is 332 g/mol. The van der Waals surface area contributed by atoms with Gasteiger partial charge in [-0.3, -0.25) is 0 Å². The van der Waals surface area contributed by atoms with Crippen LogP contribution < -0.4 is 0 Å². The van der Waals surface area contributed by atoms with Crippen LogP contribution in [0.5, 0.6) is 0 Å². The Hall–Kier alpha value is -3.05. The fourth-order valence-corrected chi connectivity index (χ4v) is 3.23. The summed E-state index contributed by atoms with van der Waals surface area (Å²) >= 11 is 1.59. The molecule has 0 spiro atoms. The molecule has 0 aliphatic heterocycles. The van der Waals surface area contributed by atoms with Crippen molar-refractivity contribution in [2.75, 3.05) is 0 Å². The molecule has 0 saturated heterocycles. The molecular weight excluding hydrogens is 320 g/mol. The highest BCUT2D eigenvalue weighted by Crippen LogP contribution is 2.32. The number of rotatable bonds is 3. The van der Waals surface area contributed by atoms with E-state index in [1.807, 2.05) is 47.2 Å². The van der Waals surface area contributed by atoms with Crippen LogP contribution in [0, 0.1) is 0 Å². The largest absolute Gasteiger partial charge is 0.478 e. The van der Waals surface area contributed by atoms with Gasteiger partial charge in [-0.2, -0.15) is 11.3 Å². The molecule has 0 radical (unpaired) electrons. The van der Waals surface area contributed by atoms with Crippen LogP contribution in [-0.4, -0.2) is 21.0 Å². The number of hydrogen-bond donors (Lipinski definition) is 1. The van der Waals surface area contributed by atoms with Gasteiger partial charge in [-0.1, -0.05) is 30.3 Å². The number of carboxylic acids is 1. The number of hydrogen-bond acceptors (Lipinski definition) is 4. The number of nitrogens with zero attached hydrogens (tertiary/aromatic N) is 2. The Labute approximate surface area is 142 Å². The molecule has 4 nitrogen and oxygen atoms in total. The second-order valence-electron chi connectivity index (χ2n) is 5.31. The van der Waals surface area contributed by atoms with Gasteiger partial charge in [-0.15, -0.1) is 0 Å². The van der Waals surface area contributed by atoms with Gasteiger partial charge in [-0.25, -0.2) is 14.8 Å². The van der Waals surface area contributed by atoms with Crippen LogP contribution >= 0.6 is 11.3 Å². The molecule has 0 bridgehead atoms. The molecule has 4 aromatic rings. The zero-order valence-electron chi connectivity index (χ0n) is 12.5. The Morgan fingerprint density at radius 3 is 2.33 bits per heavy atom. The molecule has 0 amide bonds. The molecular formula is C19H12N2O2S. The molecule has 0 aliphatic rings. The predicted molar refractivity (Wildman–Crippen MR) is 95.2 cm³/mol. The van der Waals surface area contributed by atoms with E-state index in [4.69, 9.17) is 9.97 Å².